The van der Waals surface area contributed by atoms with E-state index in [1.54, 1.807) is 0 Å². The van der Waals surface area contributed by atoms with Crippen molar-refractivity contribution >= 4 is 11.3 Å². The number of imidazole rings is 1. The number of fused-ring (bicyclic) bond motifs is 1. The molecule has 0 aliphatic carbocycles. The number of pyridine rings is 1. The molecule has 0 spiro atoms. The largest absolute Gasteiger partial charge is 0.466 e. The van der Waals surface area contributed by atoms with Gasteiger partial charge < -0.3 is 14.6 Å². The number of alkyl halides is 2. The second-order valence-corrected chi connectivity index (χ2v) is 7.34. The minimum absolute atomic E-state index is 0.0262. The van der Waals surface area contributed by atoms with Crippen molar-refractivity contribution in [1.82, 2.24) is 29.5 Å². The maximum atomic E-state index is 14.8. The summed E-state index contributed by atoms with van der Waals surface area (Å²) in [5.41, 5.74) is -0.214. The van der Waals surface area contributed by atoms with Crippen molar-refractivity contribution in [2.24, 2.45) is 0 Å². The molecule has 5 rings (SSSR count). The Labute approximate surface area is 182 Å². The highest BCUT2D eigenvalue weighted by Gasteiger charge is 2.51. The molecule has 0 saturated carbocycles. The van der Waals surface area contributed by atoms with Crippen LogP contribution in [-0.2, 0) is 0 Å². The van der Waals surface area contributed by atoms with E-state index in [2.05, 4.69) is 25.0 Å². The predicted octanol–water partition coefficient (Wildman–Crippen LogP) is 0.942. The molecule has 4 aromatic heterocycles. The van der Waals surface area contributed by atoms with Gasteiger partial charge in [-0.15, -0.1) is 0 Å². The third kappa shape index (κ3) is 3.67. The number of anilines is 1. The van der Waals surface area contributed by atoms with E-state index < -0.39 is 29.8 Å². The topological polar surface area (TPSA) is 145 Å². The normalized spacial score (nSPS) is 17.2. The van der Waals surface area contributed by atoms with Crippen LogP contribution in [0.15, 0.2) is 52.6 Å². The van der Waals surface area contributed by atoms with Crippen molar-refractivity contribution in [3.05, 3.63) is 69.4 Å². The van der Waals surface area contributed by atoms with Gasteiger partial charge in [-0.3, -0.25) is 9.78 Å². The number of ether oxygens (including phenoxy) is 1. The Kier molecular flexibility index (Phi) is 4.63. The first kappa shape index (κ1) is 20.3. The van der Waals surface area contributed by atoms with Gasteiger partial charge in [0.15, 0.2) is 11.8 Å². The molecule has 0 aromatic carbocycles. The van der Waals surface area contributed by atoms with Crippen LogP contribution >= 0.6 is 0 Å². The number of nitriles is 1. The summed E-state index contributed by atoms with van der Waals surface area (Å²) >= 11 is 0. The van der Waals surface area contributed by atoms with Gasteiger partial charge in [-0.1, -0.05) is 0 Å². The van der Waals surface area contributed by atoms with Gasteiger partial charge in [-0.25, -0.2) is 28.1 Å². The molecule has 0 amide bonds. The van der Waals surface area contributed by atoms with E-state index in [0.29, 0.717) is 11.3 Å². The Morgan fingerprint density at radius 1 is 1.27 bits per heavy atom. The van der Waals surface area contributed by atoms with Gasteiger partial charge in [0.05, 0.1) is 29.9 Å². The van der Waals surface area contributed by atoms with Crippen LogP contribution in [0.2, 0.25) is 0 Å². The van der Waals surface area contributed by atoms with Gasteiger partial charge in [0.2, 0.25) is 5.88 Å². The Morgan fingerprint density at radius 2 is 2.12 bits per heavy atom. The molecule has 1 fully saturated rings. The van der Waals surface area contributed by atoms with E-state index in [1.807, 2.05) is 6.07 Å². The lowest BCUT2D eigenvalue weighted by molar-refractivity contribution is -0.0608. The second-order valence-electron chi connectivity index (χ2n) is 7.34. The summed E-state index contributed by atoms with van der Waals surface area (Å²) in [5, 5.41) is 13.1. The monoisotopic (exact) mass is 452 g/mol. The van der Waals surface area contributed by atoms with Crippen molar-refractivity contribution in [2.75, 3.05) is 18.0 Å². The van der Waals surface area contributed by atoms with Gasteiger partial charge >= 0.3 is 11.6 Å². The maximum absolute atomic E-state index is 14.8. The highest BCUT2D eigenvalue weighted by molar-refractivity contribution is 5.74. The van der Waals surface area contributed by atoms with E-state index >= 15 is 0 Å². The van der Waals surface area contributed by atoms with Gasteiger partial charge in [-0.05, 0) is 12.1 Å². The maximum Gasteiger partial charge on any atom is 0.325 e. The number of nitrogens with one attached hydrogen (secondary N) is 2. The summed E-state index contributed by atoms with van der Waals surface area (Å²) in [4.78, 5) is 37.5. The molecule has 0 bridgehead atoms. The van der Waals surface area contributed by atoms with Gasteiger partial charge in [0.1, 0.15) is 11.8 Å². The Hall–Kier alpha value is -4.60. The van der Waals surface area contributed by atoms with E-state index in [9.17, 15) is 18.4 Å². The summed E-state index contributed by atoms with van der Waals surface area (Å²) < 4.78 is 36.5. The number of H-pyrrole nitrogens is 2. The zero-order valence-electron chi connectivity index (χ0n) is 16.7. The number of aromatic amines is 2. The van der Waals surface area contributed by atoms with Crippen LogP contribution in [0.4, 0.5) is 14.5 Å². The molecule has 0 unspecified atom stereocenters. The highest BCUT2D eigenvalue weighted by atomic mass is 19.3. The van der Waals surface area contributed by atoms with E-state index in [-0.39, 0.29) is 29.2 Å². The third-order valence-electron chi connectivity index (χ3n) is 5.16. The predicted molar refractivity (Wildman–Crippen MR) is 110 cm³/mol. The molecule has 0 radical (unpaired) electrons. The Morgan fingerprint density at radius 3 is 2.85 bits per heavy atom. The molecule has 1 aliphatic rings. The summed E-state index contributed by atoms with van der Waals surface area (Å²) in [7, 11) is 0. The van der Waals surface area contributed by atoms with Crippen molar-refractivity contribution in [3.63, 3.8) is 0 Å². The summed E-state index contributed by atoms with van der Waals surface area (Å²) in [6, 6.07) is 6.15. The molecule has 5 heterocycles. The first-order valence-electron chi connectivity index (χ1n) is 9.66. The second kappa shape index (κ2) is 7.52. The Bertz CT molecular complexity index is 1500. The quantitative estimate of drug-likeness (QED) is 0.465. The fraction of sp³-hybridized carbons (Fsp3) is 0.200. The standard InChI is InChI=1S/C20H14F2N8O3/c21-20(22)10-29(9-15(20)33-16-2-1-11(6-23)7-25-16)14-5-13(28-30-4-3-24-17(14)30)12-8-26-19(32)27-18(12)31/h1-5,7-8,15H,9-10H2,(H2,26,27,31,32)/t15-/m1/s1. The number of halogens is 2. The van der Waals surface area contributed by atoms with Crippen molar-refractivity contribution in [2.45, 2.75) is 12.0 Å². The van der Waals surface area contributed by atoms with Crippen LogP contribution in [0.1, 0.15) is 5.56 Å². The molecule has 11 nitrogen and oxygen atoms in total. The molecule has 33 heavy (non-hydrogen) atoms. The first-order chi connectivity index (χ1) is 15.8. The molecule has 1 atom stereocenters. The average Bonchev–Trinajstić information content (AvgIpc) is 3.37. The molecule has 13 heteroatoms. The van der Waals surface area contributed by atoms with Gasteiger partial charge in [0.25, 0.3) is 5.56 Å². The molecule has 1 aliphatic heterocycles. The first-order valence-corrected chi connectivity index (χ1v) is 9.66. The van der Waals surface area contributed by atoms with E-state index in [1.165, 1.54) is 52.4 Å². The molecule has 4 aromatic rings. The molecule has 1 saturated heterocycles. The number of rotatable bonds is 4. The van der Waals surface area contributed by atoms with Crippen molar-refractivity contribution < 1.29 is 13.5 Å². The number of nitrogens with zero attached hydrogens (tertiary/aromatic N) is 6. The Balaban J connectivity index is 1.51. The average molecular weight is 452 g/mol. The highest BCUT2D eigenvalue weighted by Crippen LogP contribution is 2.36. The van der Waals surface area contributed by atoms with Crippen LogP contribution in [0, 0.1) is 11.3 Å². The van der Waals surface area contributed by atoms with E-state index in [0.717, 1.165) is 0 Å². The zero-order valence-corrected chi connectivity index (χ0v) is 16.7. The zero-order chi connectivity index (χ0) is 23.2. The third-order valence-corrected chi connectivity index (χ3v) is 5.16. The molecule has 166 valence electrons. The van der Waals surface area contributed by atoms with Crippen LogP contribution in [-0.4, -0.2) is 54.7 Å². The lowest BCUT2D eigenvalue weighted by Crippen LogP contribution is -2.36. The lowest BCUT2D eigenvalue weighted by atomic mass is 10.2. The molecular weight excluding hydrogens is 438 g/mol. The van der Waals surface area contributed by atoms with Crippen molar-refractivity contribution in [1.29, 1.82) is 5.26 Å². The fourth-order valence-electron chi connectivity index (χ4n) is 3.59. The number of hydrogen-bond donors (Lipinski definition) is 2. The minimum atomic E-state index is -3.22. The lowest BCUT2D eigenvalue weighted by Gasteiger charge is -2.19. The fourth-order valence-corrected chi connectivity index (χ4v) is 3.59. The summed E-state index contributed by atoms with van der Waals surface area (Å²) in [5.74, 6) is -3.25. The van der Waals surface area contributed by atoms with Crippen LogP contribution < -0.4 is 20.9 Å². The smallest absolute Gasteiger partial charge is 0.325 e. The van der Waals surface area contributed by atoms with E-state index in [4.69, 9.17) is 10.00 Å². The van der Waals surface area contributed by atoms with Crippen LogP contribution in [0.5, 0.6) is 5.88 Å². The summed E-state index contributed by atoms with van der Waals surface area (Å²) in [6.45, 7) is -0.857. The number of hydrogen-bond acceptors (Lipinski definition) is 8. The van der Waals surface area contributed by atoms with Gasteiger partial charge in [0, 0.05) is 30.9 Å². The summed E-state index contributed by atoms with van der Waals surface area (Å²) in [6.07, 6.45) is 3.91. The van der Waals surface area contributed by atoms with Gasteiger partial charge in [-0.2, -0.15) is 10.4 Å². The SMILES string of the molecule is N#Cc1ccc(O[C@@H]2CN(c3cc(-c4c[nH]c(=O)[nH]c4=O)nn4ccnc34)CC2(F)F)nc1. The molecular formula is C20H14F2N8O3. The van der Waals surface area contributed by atoms with Crippen LogP contribution in [0.3, 0.4) is 0 Å². The molecule has 2 N–H and O–H groups in total. The van der Waals surface area contributed by atoms with Crippen LogP contribution in [0.25, 0.3) is 16.9 Å². The number of aromatic nitrogens is 6. The minimum Gasteiger partial charge on any atom is -0.466 e. The van der Waals surface area contributed by atoms with Crippen molar-refractivity contribution in [3.8, 4) is 23.2 Å².